The van der Waals surface area contributed by atoms with E-state index >= 15 is 0 Å². The smallest absolute Gasteiger partial charge is 0.0719 e. The Hall–Kier alpha value is -0.0800. The minimum absolute atomic E-state index is 0.300. The van der Waals surface area contributed by atoms with Crippen molar-refractivity contribution in [2.24, 2.45) is 11.8 Å². The van der Waals surface area contributed by atoms with Gasteiger partial charge in [-0.3, -0.25) is 0 Å². The fourth-order valence-electron chi connectivity index (χ4n) is 4.61. The zero-order valence-electron chi connectivity index (χ0n) is 9.28. The van der Waals surface area contributed by atoms with E-state index in [4.69, 9.17) is 9.47 Å². The molecule has 15 heavy (non-hydrogen) atoms. The monoisotopic (exact) mass is 208 g/mol. The van der Waals surface area contributed by atoms with Crippen LogP contribution in [0.1, 0.15) is 44.9 Å². The summed E-state index contributed by atoms with van der Waals surface area (Å²) in [6, 6.07) is 0. The molecule has 1 saturated carbocycles. The fraction of sp³-hybridized carbons (Fsp3) is 1.00. The van der Waals surface area contributed by atoms with Gasteiger partial charge in [0.1, 0.15) is 0 Å². The van der Waals surface area contributed by atoms with Crippen molar-refractivity contribution in [3.8, 4) is 0 Å². The van der Waals surface area contributed by atoms with Crippen molar-refractivity contribution in [2.75, 3.05) is 6.61 Å². The van der Waals surface area contributed by atoms with E-state index in [1.165, 1.54) is 44.9 Å². The highest BCUT2D eigenvalue weighted by Crippen LogP contribution is 2.54. The highest BCUT2D eigenvalue weighted by atomic mass is 16.5. The second-order valence-electron chi connectivity index (χ2n) is 6.02. The number of ether oxygens (including phenoxy) is 2. The van der Waals surface area contributed by atoms with E-state index < -0.39 is 0 Å². The lowest BCUT2D eigenvalue weighted by molar-refractivity contribution is -0.0579. The molecule has 0 aromatic heterocycles. The summed E-state index contributed by atoms with van der Waals surface area (Å²) in [5.74, 6) is 1.64. The Kier molecular flexibility index (Phi) is 1.79. The minimum Gasteiger partial charge on any atom is -0.378 e. The summed E-state index contributed by atoms with van der Waals surface area (Å²) >= 11 is 0. The maximum absolute atomic E-state index is 6.29. The standard InChI is InChI=1S/C13H20O2/c1-2-12(9-7-11(1)14-8-9)13-5-3-10(15-13)4-6-13/h9-12H,1-8H2. The third kappa shape index (κ3) is 1.18. The number of fused-ring (bicyclic) bond motifs is 4. The number of rotatable bonds is 1. The van der Waals surface area contributed by atoms with Crippen molar-refractivity contribution in [1.29, 1.82) is 0 Å². The first kappa shape index (κ1) is 9.00. The molecule has 0 aromatic rings. The van der Waals surface area contributed by atoms with Crippen molar-refractivity contribution in [1.82, 2.24) is 0 Å². The summed E-state index contributed by atoms with van der Waals surface area (Å²) in [6.45, 7) is 1.02. The molecule has 4 fully saturated rings. The number of hydrogen-bond donors (Lipinski definition) is 0. The average Bonchev–Trinajstić information content (AvgIpc) is 2.95. The largest absolute Gasteiger partial charge is 0.378 e. The lowest BCUT2D eigenvalue weighted by atomic mass is 9.67. The van der Waals surface area contributed by atoms with Gasteiger partial charge in [-0.2, -0.15) is 0 Å². The predicted octanol–water partition coefficient (Wildman–Crippen LogP) is 2.51. The molecule has 3 heterocycles. The molecule has 1 aliphatic carbocycles. The highest BCUT2D eigenvalue weighted by molar-refractivity contribution is 5.04. The Balaban J connectivity index is 1.61. The van der Waals surface area contributed by atoms with Crippen LogP contribution < -0.4 is 0 Å². The molecule has 3 atom stereocenters. The first-order valence-electron chi connectivity index (χ1n) is 6.65. The summed E-state index contributed by atoms with van der Waals surface area (Å²) in [7, 11) is 0. The van der Waals surface area contributed by atoms with Crippen molar-refractivity contribution >= 4 is 0 Å². The van der Waals surface area contributed by atoms with Crippen LogP contribution in [0.15, 0.2) is 0 Å². The molecule has 84 valence electrons. The first-order valence-corrected chi connectivity index (χ1v) is 6.65. The van der Waals surface area contributed by atoms with Crippen LogP contribution in [0.25, 0.3) is 0 Å². The Labute approximate surface area is 91.3 Å². The maximum atomic E-state index is 6.29. The zero-order chi connectivity index (χ0) is 9.88. The highest BCUT2D eigenvalue weighted by Gasteiger charge is 2.55. The van der Waals surface area contributed by atoms with Gasteiger partial charge in [-0.1, -0.05) is 0 Å². The van der Waals surface area contributed by atoms with Crippen LogP contribution in [0, 0.1) is 11.8 Å². The normalized spacial score (nSPS) is 57.6. The van der Waals surface area contributed by atoms with Gasteiger partial charge >= 0.3 is 0 Å². The topological polar surface area (TPSA) is 18.5 Å². The van der Waals surface area contributed by atoms with E-state index in [9.17, 15) is 0 Å². The van der Waals surface area contributed by atoms with E-state index in [2.05, 4.69) is 0 Å². The maximum Gasteiger partial charge on any atom is 0.0719 e. The van der Waals surface area contributed by atoms with Crippen LogP contribution in [0.4, 0.5) is 0 Å². The van der Waals surface area contributed by atoms with Crippen LogP contribution in [0.2, 0.25) is 0 Å². The van der Waals surface area contributed by atoms with E-state index in [0.29, 0.717) is 17.8 Å². The predicted molar refractivity (Wildman–Crippen MR) is 56.6 cm³/mol. The summed E-state index contributed by atoms with van der Waals surface area (Å²) in [5, 5.41) is 0. The molecule has 0 aromatic carbocycles. The van der Waals surface area contributed by atoms with Crippen LogP contribution in [0.3, 0.4) is 0 Å². The molecule has 3 aliphatic heterocycles. The third-order valence-corrected chi connectivity index (χ3v) is 5.34. The van der Waals surface area contributed by atoms with Crippen LogP contribution in [0.5, 0.6) is 0 Å². The van der Waals surface area contributed by atoms with Gasteiger partial charge in [0, 0.05) is 0 Å². The van der Waals surface area contributed by atoms with Crippen LogP contribution >= 0.6 is 0 Å². The molecule has 2 heteroatoms. The Morgan fingerprint density at radius 2 is 1.80 bits per heavy atom. The van der Waals surface area contributed by atoms with Gasteiger partial charge in [-0.15, -0.1) is 0 Å². The second kappa shape index (κ2) is 2.98. The van der Waals surface area contributed by atoms with Crippen molar-refractivity contribution in [3.63, 3.8) is 0 Å². The molecular weight excluding hydrogens is 188 g/mol. The molecule has 3 saturated heterocycles. The zero-order valence-corrected chi connectivity index (χ0v) is 9.28. The van der Waals surface area contributed by atoms with E-state index in [1.807, 2.05) is 0 Å². The van der Waals surface area contributed by atoms with Gasteiger partial charge in [-0.05, 0) is 56.8 Å². The second-order valence-corrected chi connectivity index (χ2v) is 6.02. The molecular formula is C13H20O2. The lowest BCUT2D eigenvalue weighted by Crippen LogP contribution is -2.41. The Bertz CT molecular complexity index is 268. The minimum atomic E-state index is 0.300. The summed E-state index contributed by atoms with van der Waals surface area (Å²) in [4.78, 5) is 0. The first-order chi connectivity index (χ1) is 7.36. The molecule has 0 spiro atoms. The van der Waals surface area contributed by atoms with Crippen molar-refractivity contribution < 1.29 is 9.47 Å². The van der Waals surface area contributed by atoms with Gasteiger partial charge in [-0.25, -0.2) is 0 Å². The molecule has 2 nitrogen and oxygen atoms in total. The van der Waals surface area contributed by atoms with E-state index in [0.717, 1.165) is 18.4 Å². The third-order valence-electron chi connectivity index (χ3n) is 5.34. The van der Waals surface area contributed by atoms with Crippen molar-refractivity contribution in [3.05, 3.63) is 0 Å². The SMILES string of the molecule is C1CC(C23CCC(CC2)O3)C2COC1C2. The Morgan fingerprint density at radius 3 is 2.53 bits per heavy atom. The van der Waals surface area contributed by atoms with E-state index in [1.54, 1.807) is 0 Å². The molecule has 0 N–H and O–H groups in total. The van der Waals surface area contributed by atoms with Crippen LogP contribution in [-0.4, -0.2) is 24.4 Å². The molecule has 3 unspecified atom stereocenters. The quantitative estimate of drug-likeness (QED) is 0.659. The Morgan fingerprint density at radius 1 is 0.933 bits per heavy atom. The van der Waals surface area contributed by atoms with Gasteiger partial charge in [0.15, 0.2) is 0 Å². The summed E-state index contributed by atoms with van der Waals surface area (Å²) < 4.78 is 12.1. The van der Waals surface area contributed by atoms with Gasteiger partial charge < -0.3 is 9.47 Å². The van der Waals surface area contributed by atoms with Gasteiger partial charge in [0.2, 0.25) is 0 Å². The van der Waals surface area contributed by atoms with Crippen molar-refractivity contribution in [2.45, 2.75) is 62.8 Å². The summed E-state index contributed by atoms with van der Waals surface area (Å²) in [5.41, 5.74) is 0.300. The number of hydrogen-bond acceptors (Lipinski definition) is 2. The van der Waals surface area contributed by atoms with Gasteiger partial charge in [0.05, 0.1) is 24.4 Å². The molecule has 4 bridgehead atoms. The van der Waals surface area contributed by atoms with Crippen LogP contribution in [-0.2, 0) is 9.47 Å². The summed E-state index contributed by atoms with van der Waals surface area (Å²) in [6.07, 6.45) is 10.5. The van der Waals surface area contributed by atoms with E-state index in [-0.39, 0.29) is 0 Å². The molecule has 4 rings (SSSR count). The fourth-order valence-corrected chi connectivity index (χ4v) is 4.61. The molecule has 0 radical (unpaired) electrons. The average molecular weight is 208 g/mol. The lowest BCUT2D eigenvalue weighted by Gasteiger charge is -2.39. The molecule has 4 aliphatic rings. The van der Waals surface area contributed by atoms with Gasteiger partial charge in [0.25, 0.3) is 0 Å². The molecule has 0 amide bonds.